The van der Waals surface area contributed by atoms with E-state index in [-0.39, 0.29) is 34.5 Å². The van der Waals surface area contributed by atoms with Crippen LogP contribution < -0.4 is 11.1 Å². The molecule has 1 unspecified atom stereocenters. The predicted molar refractivity (Wildman–Crippen MR) is 106 cm³/mol. The van der Waals surface area contributed by atoms with Crippen molar-refractivity contribution in [1.29, 1.82) is 0 Å². The molecule has 0 aromatic carbocycles. The van der Waals surface area contributed by atoms with E-state index < -0.39 is 34.7 Å². The number of nitrogens with zero attached hydrogens (tertiary/aromatic N) is 3. The number of nitrogen functional groups attached to an aromatic ring is 1. The topological polar surface area (TPSA) is 174 Å². The van der Waals surface area contributed by atoms with E-state index >= 15 is 0 Å². The van der Waals surface area contributed by atoms with Gasteiger partial charge in [-0.25, -0.2) is 9.78 Å². The van der Waals surface area contributed by atoms with Crippen molar-refractivity contribution in [3.8, 4) is 0 Å². The minimum Gasteiger partial charge on any atom is -0.477 e. The lowest BCUT2D eigenvalue weighted by molar-refractivity contribution is -0.159. The molecular weight excluding hydrogens is 438 g/mol. The first kappa shape index (κ1) is 21.6. The maximum atomic E-state index is 13.3. The molecule has 3 rings (SSSR count). The Hall–Kier alpha value is -3.13. The number of thiazole rings is 1. The van der Waals surface area contributed by atoms with Gasteiger partial charge in [-0.05, 0) is 0 Å². The Labute approximate surface area is 178 Å². The zero-order chi connectivity index (χ0) is 22.1. The van der Waals surface area contributed by atoms with Crippen LogP contribution in [0.3, 0.4) is 0 Å². The highest BCUT2D eigenvalue weighted by atomic mass is 32.2. The van der Waals surface area contributed by atoms with E-state index in [0.717, 1.165) is 22.5 Å². The first-order chi connectivity index (χ1) is 14.2. The number of carboxylic acid groups (broad SMARTS) is 1. The summed E-state index contributed by atoms with van der Waals surface area (Å²) in [5, 5.41) is 16.5. The standard InChI is InChI=1S/C16H17N5O7S2/c1-7(22)28-4-8-5-29-14-16(9-6-30-15(17)19-9,20-10(23)3-18-27-2)13(26)21(14)11(8)12(24)25/h3,6,14H,4-5H2,1-2H3,(H2,17,19)(H,20,23)(H,24,25)/t14-,16?/m0/s1. The van der Waals surface area contributed by atoms with Gasteiger partial charge in [-0.3, -0.25) is 19.3 Å². The number of aliphatic carboxylic acids is 1. The molecule has 2 amide bonds. The van der Waals surface area contributed by atoms with Crippen LogP contribution in [0.1, 0.15) is 12.6 Å². The van der Waals surface area contributed by atoms with Gasteiger partial charge in [0.05, 0.1) is 5.69 Å². The molecule has 0 aliphatic carbocycles. The van der Waals surface area contributed by atoms with Crippen LogP contribution in [0.4, 0.5) is 5.13 Å². The van der Waals surface area contributed by atoms with Crippen LogP contribution in [0.15, 0.2) is 21.8 Å². The molecule has 0 spiro atoms. The van der Waals surface area contributed by atoms with Crippen LogP contribution in [-0.4, -0.2) is 69.8 Å². The molecule has 1 aromatic heterocycles. The summed E-state index contributed by atoms with van der Waals surface area (Å²) in [5.41, 5.74) is 4.25. The van der Waals surface area contributed by atoms with Gasteiger partial charge in [0.25, 0.3) is 11.8 Å². The van der Waals surface area contributed by atoms with Gasteiger partial charge < -0.3 is 25.7 Å². The number of nitrogens with one attached hydrogen (secondary N) is 1. The number of rotatable bonds is 7. The van der Waals surface area contributed by atoms with Gasteiger partial charge in [-0.2, -0.15) is 0 Å². The third-order valence-corrected chi connectivity index (χ3v) is 6.40. The van der Waals surface area contributed by atoms with Crippen LogP contribution in [0.2, 0.25) is 0 Å². The molecule has 30 heavy (non-hydrogen) atoms. The van der Waals surface area contributed by atoms with Crippen LogP contribution >= 0.6 is 23.1 Å². The zero-order valence-electron chi connectivity index (χ0n) is 15.8. The average Bonchev–Trinajstić information content (AvgIpc) is 3.13. The van der Waals surface area contributed by atoms with Crippen molar-refractivity contribution < 1.29 is 33.9 Å². The zero-order valence-corrected chi connectivity index (χ0v) is 17.4. The lowest BCUT2D eigenvalue weighted by atomic mass is 9.83. The van der Waals surface area contributed by atoms with Crippen molar-refractivity contribution in [2.24, 2.45) is 5.16 Å². The number of thioether (sulfide) groups is 1. The Kier molecular flexibility index (Phi) is 5.98. The number of β-lactam (4-membered cyclic amide) rings is 1. The average molecular weight is 455 g/mol. The van der Waals surface area contributed by atoms with Gasteiger partial charge in [-0.15, -0.1) is 23.1 Å². The molecule has 14 heteroatoms. The molecule has 0 saturated carbocycles. The quantitative estimate of drug-likeness (QED) is 0.210. The molecule has 4 N–H and O–H groups in total. The lowest BCUT2D eigenvalue weighted by Crippen LogP contribution is -2.77. The van der Waals surface area contributed by atoms with E-state index in [4.69, 9.17) is 10.5 Å². The number of hydrogen-bond donors (Lipinski definition) is 3. The second-order valence-electron chi connectivity index (χ2n) is 6.16. The van der Waals surface area contributed by atoms with Gasteiger partial charge in [0, 0.05) is 23.6 Å². The summed E-state index contributed by atoms with van der Waals surface area (Å²) in [6.07, 6.45) is 0.848. The molecule has 12 nitrogen and oxygen atoms in total. The van der Waals surface area contributed by atoms with Crippen molar-refractivity contribution in [2.75, 3.05) is 25.2 Å². The summed E-state index contributed by atoms with van der Waals surface area (Å²) in [5.74, 6) is -3.21. The summed E-state index contributed by atoms with van der Waals surface area (Å²) >= 11 is 2.28. The third-order valence-electron chi connectivity index (χ3n) is 4.33. The molecule has 2 aliphatic heterocycles. The number of ether oxygens (including phenoxy) is 1. The summed E-state index contributed by atoms with van der Waals surface area (Å²) in [7, 11) is 1.25. The largest absolute Gasteiger partial charge is 0.477 e. The monoisotopic (exact) mass is 455 g/mol. The summed E-state index contributed by atoms with van der Waals surface area (Å²) in [6.45, 7) is 0.938. The van der Waals surface area contributed by atoms with E-state index in [9.17, 15) is 24.3 Å². The predicted octanol–water partition coefficient (Wildman–Crippen LogP) is -0.514. The van der Waals surface area contributed by atoms with E-state index in [2.05, 4.69) is 20.3 Å². The molecular formula is C16H17N5O7S2. The number of anilines is 1. The Morgan fingerprint density at radius 1 is 1.53 bits per heavy atom. The third kappa shape index (κ3) is 3.59. The highest BCUT2D eigenvalue weighted by Gasteiger charge is 2.67. The van der Waals surface area contributed by atoms with Gasteiger partial charge in [0.1, 0.15) is 31.0 Å². The second-order valence-corrected chi connectivity index (χ2v) is 8.12. The molecule has 160 valence electrons. The number of oxime groups is 1. The summed E-state index contributed by atoms with van der Waals surface area (Å²) in [4.78, 5) is 58.3. The smallest absolute Gasteiger partial charge is 0.352 e. The number of hydrogen-bond acceptors (Lipinski definition) is 11. The van der Waals surface area contributed by atoms with Crippen molar-refractivity contribution in [3.05, 3.63) is 22.3 Å². The first-order valence-corrected chi connectivity index (χ1v) is 10.3. The Bertz CT molecular complexity index is 975. The normalized spacial score (nSPS) is 23.1. The SMILES string of the molecule is CON=CC(=O)NC1(c2csc(N)n2)C(=O)N2C(C(=O)O)=C(COC(C)=O)CS[C@H]21. The fourth-order valence-electron chi connectivity index (χ4n) is 3.13. The van der Waals surface area contributed by atoms with Gasteiger partial charge in [-0.1, -0.05) is 5.16 Å². The number of carbonyl (C=O) groups excluding carboxylic acids is 3. The number of nitrogens with two attached hydrogens (primary N) is 1. The second kappa shape index (κ2) is 8.31. The molecule has 0 bridgehead atoms. The number of carbonyl (C=O) groups is 4. The van der Waals surface area contributed by atoms with E-state index in [1.807, 2.05) is 0 Å². The maximum absolute atomic E-state index is 13.3. The van der Waals surface area contributed by atoms with Crippen LogP contribution in [0.25, 0.3) is 0 Å². The van der Waals surface area contributed by atoms with E-state index in [1.54, 1.807) is 0 Å². The molecule has 2 aliphatic rings. The molecule has 2 atom stereocenters. The number of fused-ring (bicyclic) bond motifs is 1. The minimum atomic E-state index is -1.64. The summed E-state index contributed by atoms with van der Waals surface area (Å²) < 4.78 is 4.91. The van der Waals surface area contributed by atoms with Crippen molar-refractivity contribution in [3.63, 3.8) is 0 Å². The van der Waals surface area contributed by atoms with Crippen molar-refractivity contribution in [2.45, 2.75) is 17.8 Å². The fourth-order valence-corrected chi connectivity index (χ4v) is 5.21. The highest BCUT2D eigenvalue weighted by Crippen LogP contribution is 2.51. The minimum absolute atomic E-state index is 0.159. The molecule has 0 radical (unpaired) electrons. The Balaban J connectivity index is 2.01. The molecule has 1 saturated heterocycles. The highest BCUT2D eigenvalue weighted by molar-refractivity contribution is 8.00. The van der Waals surface area contributed by atoms with Crippen molar-refractivity contribution in [1.82, 2.24) is 15.2 Å². The molecule has 1 fully saturated rings. The maximum Gasteiger partial charge on any atom is 0.352 e. The number of esters is 1. The lowest BCUT2D eigenvalue weighted by Gasteiger charge is -2.56. The van der Waals surface area contributed by atoms with Crippen LogP contribution in [-0.2, 0) is 34.3 Å². The fraction of sp³-hybridized carbons (Fsp3) is 0.375. The van der Waals surface area contributed by atoms with Gasteiger partial charge >= 0.3 is 11.9 Å². The Morgan fingerprint density at radius 2 is 2.27 bits per heavy atom. The number of amides is 2. The molecule has 3 heterocycles. The van der Waals surface area contributed by atoms with Gasteiger partial charge in [0.15, 0.2) is 10.7 Å². The van der Waals surface area contributed by atoms with Crippen molar-refractivity contribution >= 4 is 58.2 Å². The van der Waals surface area contributed by atoms with E-state index in [1.165, 1.54) is 31.2 Å². The van der Waals surface area contributed by atoms with Gasteiger partial charge in [0.2, 0.25) is 0 Å². The van der Waals surface area contributed by atoms with Crippen LogP contribution in [0, 0.1) is 0 Å². The number of aromatic nitrogens is 1. The van der Waals surface area contributed by atoms with Crippen LogP contribution in [0.5, 0.6) is 0 Å². The summed E-state index contributed by atoms with van der Waals surface area (Å²) in [6, 6.07) is 0. The number of carboxylic acids is 1. The first-order valence-electron chi connectivity index (χ1n) is 8.36. The Morgan fingerprint density at radius 3 is 2.83 bits per heavy atom. The van der Waals surface area contributed by atoms with E-state index in [0.29, 0.717) is 0 Å². The molecule has 1 aromatic rings.